The minimum Gasteiger partial charge on any atom is -0.508 e. The fourth-order valence-electron chi connectivity index (χ4n) is 3.56. The Kier molecular flexibility index (Phi) is 2.52. The summed E-state index contributed by atoms with van der Waals surface area (Å²) in [5.74, 6) is 0.609. The van der Waals surface area contributed by atoms with E-state index in [-0.39, 0.29) is 0 Å². The second kappa shape index (κ2) is 4.29. The molecule has 2 N–H and O–H groups in total. The largest absolute Gasteiger partial charge is 0.508 e. The van der Waals surface area contributed by atoms with E-state index in [1.165, 1.54) is 16.8 Å². The van der Waals surface area contributed by atoms with Crippen molar-refractivity contribution in [2.45, 2.75) is 26.3 Å². The zero-order valence-corrected chi connectivity index (χ0v) is 11.9. The summed E-state index contributed by atoms with van der Waals surface area (Å²) in [7, 11) is 0. The van der Waals surface area contributed by atoms with Gasteiger partial charge in [-0.25, -0.2) is 0 Å². The molecule has 3 aromatic rings. The van der Waals surface area contributed by atoms with Crippen molar-refractivity contribution in [1.82, 2.24) is 4.57 Å². The van der Waals surface area contributed by atoms with E-state index < -0.39 is 0 Å². The molecule has 0 saturated carbocycles. The minimum atomic E-state index is 0.303. The smallest absolute Gasteiger partial charge is 0.116 e. The van der Waals surface area contributed by atoms with Crippen molar-refractivity contribution in [3.05, 3.63) is 47.5 Å². The Balaban J connectivity index is 2.13. The Morgan fingerprint density at radius 3 is 2.57 bits per heavy atom. The van der Waals surface area contributed by atoms with Gasteiger partial charge in [0.2, 0.25) is 0 Å². The van der Waals surface area contributed by atoms with Crippen LogP contribution in [-0.4, -0.2) is 14.8 Å². The number of hydrogen-bond donors (Lipinski definition) is 2. The van der Waals surface area contributed by atoms with E-state index >= 15 is 0 Å². The maximum absolute atomic E-state index is 9.85. The highest BCUT2D eigenvalue weighted by molar-refractivity contribution is 5.94. The maximum Gasteiger partial charge on any atom is 0.116 e. The Morgan fingerprint density at radius 1 is 1.00 bits per heavy atom. The van der Waals surface area contributed by atoms with Crippen LogP contribution in [0.15, 0.2) is 36.4 Å². The summed E-state index contributed by atoms with van der Waals surface area (Å²) in [6.45, 7) is 3.00. The highest BCUT2D eigenvalue weighted by Crippen LogP contribution is 2.42. The number of phenolic OH excluding ortho intramolecular Hbond substituents is 2. The zero-order chi connectivity index (χ0) is 14.6. The van der Waals surface area contributed by atoms with Crippen LogP contribution in [0, 0.1) is 0 Å². The molecule has 0 radical (unpaired) electrons. The molecule has 1 aromatic heterocycles. The fraction of sp³-hybridized carbons (Fsp3) is 0.222. The Morgan fingerprint density at radius 2 is 1.76 bits per heavy atom. The van der Waals surface area contributed by atoms with Gasteiger partial charge in [-0.1, -0.05) is 6.07 Å². The highest BCUT2D eigenvalue weighted by Gasteiger charge is 2.24. The van der Waals surface area contributed by atoms with E-state index in [1.807, 2.05) is 24.3 Å². The summed E-state index contributed by atoms with van der Waals surface area (Å²) in [5.41, 5.74) is 6.02. The third kappa shape index (κ3) is 1.67. The molecule has 3 heteroatoms. The van der Waals surface area contributed by atoms with Crippen LogP contribution in [0.1, 0.15) is 18.1 Å². The van der Waals surface area contributed by atoms with Crippen LogP contribution in [0.2, 0.25) is 0 Å². The standard InChI is InChI=1S/C18H17NO2/c1-2-19-17-8-6-13(21)10-16(17)14-7-4-11-3-5-12(20)9-15(11)18(14)19/h3,5-6,8-10,20-21H,2,4,7H2,1H3. The number of fused-ring (bicyclic) bond motifs is 5. The van der Waals surface area contributed by atoms with Crippen molar-refractivity contribution < 1.29 is 10.2 Å². The van der Waals surface area contributed by atoms with Crippen LogP contribution in [-0.2, 0) is 19.4 Å². The van der Waals surface area contributed by atoms with Crippen LogP contribution in [0.25, 0.3) is 22.2 Å². The zero-order valence-electron chi connectivity index (χ0n) is 11.9. The molecule has 0 saturated heterocycles. The van der Waals surface area contributed by atoms with E-state index in [2.05, 4.69) is 11.5 Å². The van der Waals surface area contributed by atoms with Crippen LogP contribution in [0.4, 0.5) is 0 Å². The number of nitrogens with zero attached hydrogens (tertiary/aromatic N) is 1. The predicted octanol–water partition coefficient (Wildman–Crippen LogP) is 3.84. The molecule has 21 heavy (non-hydrogen) atoms. The quantitative estimate of drug-likeness (QED) is 0.711. The molecule has 106 valence electrons. The summed E-state index contributed by atoms with van der Waals surface area (Å²) in [6, 6.07) is 11.2. The molecule has 0 atom stereocenters. The lowest BCUT2D eigenvalue weighted by atomic mass is 9.89. The van der Waals surface area contributed by atoms with Gasteiger partial charge in [0.25, 0.3) is 0 Å². The van der Waals surface area contributed by atoms with E-state index in [1.54, 1.807) is 12.1 Å². The first-order valence-corrected chi connectivity index (χ1v) is 7.35. The van der Waals surface area contributed by atoms with Gasteiger partial charge in [0.1, 0.15) is 11.5 Å². The number of phenols is 2. The number of aromatic nitrogens is 1. The van der Waals surface area contributed by atoms with Gasteiger partial charge in [-0.05, 0) is 61.2 Å². The number of aryl methyl sites for hydroxylation is 3. The predicted molar refractivity (Wildman–Crippen MR) is 83.8 cm³/mol. The molecule has 0 aliphatic heterocycles. The summed E-state index contributed by atoms with van der Waals surface area (Å²) in [4.78, 5) is 0. The molecule has 3 nitrogen and oxygen atoms in total. The Hall–Kier alpha value is -2.42. The summed E-state index contributed by atoms with van der Waals surface area (Å²) in [5, 5.41) is 20.8. The van der Waals surface area contributed by atoms with Crippen molar-refractivity contribution in [1.29, 1.82) is 0 Å². The van der Waals surface area contributed by atoms with Crippen LogP contribution in [0.5, 0.6) is 11.5 Å². The first-order chi connectivity index (χ1) is 10.2. The second-order valence-corrected chi connectivity index (χ2v) is 5.61. The first kappa shape index (κ1) is 12.3. The molecular formula is C18H17NO2. The molecule has 0 bridgehead atoms. The van der Waals surface area contributed by atoms with Crippen molar-refractivity contribution in [3.8, 4) is 22.8 Å². The van der Waals surface area contributed by atoms with Crippen LogP contribution in [0.3, 0.4) is 0 Å². The molecule has 4 rings (SSSR count). The van der Waals surface area contributed by atoms with Crippen molar-refractivity contribution in [2.24, 2.45) is 0 Å². The maximum atomic E-state index is 9.85. The lowest BCUT2D eigenvalue weighted by Crippen LogP contribution is -2.06. The van der Waals surface area contributed by atoms with Gasteiger partial charge in [-0.15, -0.1) is 0 Å². The lowest BCUT2D eigenvalue weighted by Gasteiger charge is -2.19. The summed E-state index contributed by atoms with van der Waals surface area (Å²) >= 11 is 0. The van der Waals surface area contributed by atoms with Crippen molar-refractivity contribution >= 4 is 10.9 Å². The monoisotopic (exact) mass is 279 g/mol. The number of rotatable bonds is 1. The molecule has 0 fully saturated rings. The summed E-state index contributed by atoms with van der Waals surface area (Å²) in [6.07, 6.45) is 1.95. The normalized spacial score (nSPS) is 13.2. The minimum absolute atomic E-state index is 0.303. The first-order valence-electron chi connectivity index (χ1n) is 7.35. The van der Waals surface area contributed by atoms with Crippen LogP contribution < -0.4 is 0 Å². The molecule has 2 aromatic carbocycles. The molecule has 1 heterocycles. The van der Waals surface area contributed by atoms with Crippen molar-refractivity contribution in [3.63, 3.8) is 0 Å². The van der Waals surface area contributed by atoms with Crippen molar-refractivity contribution in [2.75, 3.05) is 0 Å². The number of aromatic hydroxyl groups is 2. The van der Waals surface area contributed by atoms with Gasteiger partial charge in [-0.2, -0.15) is 0 Å². The third-order valence-corrected chi connectivity index (χ3v) is 4.46. The van der Waals surface area contributed by atoms with Gasteiger partial charge in [0, 0.05) is 23.0 Å². The van der Waals surface area contributed by atoms with Crippen LogP contribution >= 0.6 is 0 Å². The fourth-order valence-corrected chi connectivity index (χ4v) is 3.56. The second-order valence-electron chi connectivity index (χ2n) is 5.61. The molecule has 0 amide bonds. The molecular weight excluding hydrogens is 262 g/mol. The Labute approximate surface area is 123 Å². The Bertz CT molecular complexity index is 861. The molecule has 0 unspecified atom stereocenters. The highest BCUT2D eigenvalue weighted by atomic mass is 16.3. The van der Waals surface area contributed by atoms with E-state index in [0.717, 1.165) is 35.9 Å². The number of hydrogen-bond acceptors (Lipinski definition) is 2. The molecule has 0 spiro atoms. The van der Waals surface area contributed by atoms with Gasteiger partial charge in [-0.3, -0.25) is 0 Å². The topological polar surface area (TPSA) is 45.4 Å². The van der Waals surface area contributed by atoms with Gasteiger partial charge in [0.15, 0.2) is 0 Å². The van der Waals surface area contributed by atoms with E-state index in [9.17, 15) is 10.2 Å². The van der Waals surface area contributed by atoms with Gasteiger partial charge in [0.05, 0.1) is 5.69 Å². The van der Waals surface area contributed by atoms with E-state index in [4.69, 9.17) is 0 Å². The van der Waals surface area contributed by atoms with Gasteiger partial charge >= 0.3 is 0 Å². The lowest BCUT2D eigenvalue weighted by molar-refractivity contribution is 0.475. The average molecular weight is 279 g/mol. The SMILES string of the molecule is CCn1c2c(c3cc(O)ccc31)CCc1ccc(O)cc1-2. The number of benzene rings is 2. The molecule has 1 aliphatic rings. The summed E-state index contributed by atoms with van der Waals surface area (Å²) < 4.78 is 2.28. The molecule has 1 aliphatic carbocycles. The van der Waals surface area contributed by atoms with Gasteiger partial charge < -0.3 is 14.8 Å². The third-order valence-electron chi connectivity index (χ3n) is 4.46. The average Bonchev–Trinajstić information content (AvgIpc) is 2.80. The van der Waals surface area contributed by atoms with E-state index in [0.29, 0.717) is 11.5 Å².